The van der Waals surface area contributed by atoms with Gasteiger partial charge in [-0.3, -0.25) is 9.89 Å². The lowest BCUT2D eigenvalue weighted by atomic mass is 10.1. The van der Waals surface area contributed by atoms with Gasteiger partial charge in [0.25, 0.3) is 5.56 Å². The molecule has 2 aromatic heterocycles. The maximum atomic E-state index is 12.6. The van der Waals surface area contributed by atoms with E-state index in [0.717, 1.165) is 5.56 Å². The van der Waals surface area contributed by atoms with E-state index in [1.807, 2.05) is 0 Å². The molecule has 2 N–H and O–H groups in total. The summed E-state index contributed by atoms with van der Waals surface area (Å²) in [6, 6.07) is 9.85. The number of nitrogens with zero attached hydrogens (tertiary/aromatic N) is 2. The van der Waals surface area contributed by atoms with Crippen LogP contribution in [0.4, 0.5) is 0 Å². The maximum Gasteiger partial charge on any atom is 0.337 e. The highest BCUT2D eigenvalue weighted by atomic mass is 35.5. The van der Waals surface area contributed by atoms with Crippen LogP contribution in [0.15, 0.2) is 47.4 Å². The zero-order valence-electron chi connectivity index (χ0n) is 12.1. The molecule has 0 saturated carbocycles. The SMILES string of the molecule is Cc1[nH]n(-c2ccc(C(=O)O)cn2)c(=O)c1-c1ccc(Cl)cc1. The fourth-order valence-electron chi connectivity index (χ4n) is 2.31. The number of benzene rings is 1. The van der Waals surface area contributed by atoms with E-state index in [4.69, 9.17) is 16.7 Å². The molecular formula is C16H12ClN3O3. The molecule has 6 nitrogen and oxygen atoms in total. The summed E-state index contributed by atoms with van der Waals surface area (Å²) in [7, 11) is 0. The van der Waals surface area contributed by atoms with Crippen molar-refractivity contribution in [2.24, 2.45) is 0 Å². The number of carboxylic acids is 1. The van der Waals surface area contributed by atoms with Gasteiger partial charge in [-0.25, -0.2) is 14.5 Å². The van der Waals surface area contributed by atoms with E-state index in [0.29, 0.717) is 22.1 Å². The molecule has 0 atom stereocenters. The summed E-state index contributed by atoms with van der Waals surface area (Å²) in [5.41, 5.74) is 1.74. The van der Waals surface area contributed by atoms with Gasteiger partial charge < -0.3 is 5.11 Å². The van der Waals surface area contributed by atoms with Crippen LogP contribution in [0.25, 0.3) is 16.9 Å². The first-order valence-electron chi connectivity index (χ1n) is 6.74. The molecule has 0 fully saturated rings. The predicted molar refractivity (Wildman–Crippen MR) is 86.3 cm³/mol. The number of aromatic carboxylic acids is 1. The zero-order chi connectivity index (χ0) is 16.6. The van der Waals surface area contributed by atoms with Gasteiger partial charge in [-0.15, -0.1) is 0 Å². The Morgan fingerprint density at radius 3 is 2.48 bits per heavy atom. The topological polar surface area (TPSA) is 88.0 Å². The zero-order valence-corrected chi connectivity index (χ0v) is 12.8. The molecule has 7 heteroatoms. The van der Waals surface area contributed by atoms with E-state index in [2.05, 4.69) is 10.1 Å². The molecule has 0 aliphatic rings. The number of carbonyl (C=O) groups is 1. The lowest BCUT2D eigenvalue weighted by Gasteiger charge is -2.00. The van der Waals surface area contributed by atoms with Crippen molar-refractivity contribution in [1.29, 1.82) is 0 Å². The molecule has 0 spiro atoms. The first-order valence-corrected chi connectivity index (χ1v) is 7.12. The molecule has 23 heavy (non-hydrogen) atoms. The van der Waals surface area contributed by atoms with Crippen LogP contribution in [0.5, 0.6) is 0 Å². The second-order valence-corrected chi connectivity index (χ2v) is 5.41. The van der Waals surface area contributed by atoms with E-state index in [1.54, 1.807) is 31.2 Å². The number of halogens is 1. The molecule has 0 bridgehead atoms. The second-order valence-electron chi connectivity index (χ2n) is 4.97. The minimum absolute atomic E-state index is 0.0583. The molecular weight excluding hydrogens is 318 g/mol. The second kappa shape index (κ2) is 5.73. The fourth-order valence-corrected chi connectivity index (χ4v) is 2.44. The summed E-state index contributed by atoms with van der Waals surface area (Å²) in [6.45, 7) is 1.79. The summed E-state index contributed by atoms with van der Waals surface area (Å²) in [5.74, 6) is -0.746. The molecule has 3 aromatic rings. The van der Waals surface area contributed by atoms with Crippen molar-refractivity contribution in [1.82, 2.24) is 14.8 Å². The molecule has 0 radical (unpaired) electrons. The summed E-state index contributed by atoms with van der Waals surface area (Å²) in [6.07, 6.45) is 1.21. The third-order valence-corrected chi connectivity index (χ3v) is 3.68. The van der Waals surface area contributed by atoms with Crippen LogP contribution in [0.2, 0.25) is 5.02 Å². The van der Waals surface area contributed by atoms with Crippen molar-refractivity contribution in [2.75, 3.05) is 0 Å². The molecule has 0 aliphatic heterocycles. The monoisotopic (exact) mass is 329 g/mol. The minimum atomic E-state index is -1.07. The number of pyridine rings is 1. The predicted octanol–water partition coefficient (Wildman–Crippen LogP) is 2.89. The van der Waals surface area contributed by atoms with Crippen LogP contribution >= 0.6 is 11.6 Å². The van der Waals surface area contributed by atoms with Crippen molar-refractivity contribution in [3.8, 4) is 16.9 Å². The number of nitrogens with one attached hydrogen (secondary N) is 1. The number of hydrogen-bond donors (Lipinski definition) is 2. The number of aryl methyl sites for hydroxylation is 1. The number of hydrogen-bond acceptors (Lipinski definition) is 3. The standard InChI is InChI=1S/C16H12ClN3O3/c1-9-14(10-2-5-12(17)6-3-10)15(21)20(19-9)13-7-4-11(8-18-13)16(22)23/h2-8,19H,1H3,(H,22,23). The Bertz CT molecular complexity index is 925. The highest BCUT2D eigenvalue weighted by Crippen LogP contribution is 2.21. The third kappa shape index (κ3) is 2.76. The van der Waals surface area contributed by atoms with E-state index in [1.165, 1.54) is 23.0 Å². The normalized spacial score (nSPS) is 10.7. The van der Waals surface area contributed by atoms with Crippen molar-refractivity contribution >= 4 is 17.6 Å². The van der Waals surface area contributed by atoms with E-state index in [9.17, 15) is 9.59 Å². The van der Waals surface area contributed by atoms with Crippen molar-refractivity contribution in [3.05, 3.63) is 69.2 Å². The number of rotatable bonds is 3. The molecule has 0 aliphatic carbocycles. The van der Waals surface area contributed by atoms with Crippen molar-refractivity contribution in [3.63, 3.8) is 0 Å². The van der Waals surface area contributed by atoms with Crippen molar-refractivity contribution < 1.29 is 9.90 Å². The Labute approximate surface area is 136 Å². The average molecular weight is 330 g/mol. The van der Waals surface area contributed by atoms with Gasteiger partial charge in [-0.2, -0.15) is 0 Å². The first kappa shape index (κ1) is 15.1. The average Bonchev–Trinajstić information content (AvgIpc) is 2.83. The molecule has 1 aromatic carbocycles. The van der Waals surface area contributed by atoms with Crippen LogP contribution in [0, 0.1) is 6.92 Å². The summed E-state index contributed by atoms with van der Waals surface area (Å²) in [4.78, 5) is 27.5. The molecule has 3 rings (SSSR count). The van der Waals surface area contributed by atoms with Gasteiger partial charge in [0.1, 0.15) is 0 Å². The van der Waals surface area contributed by atoms with Gasteiger partial charge in [-0.05, 0) is 36.8 Å². The quantitative estimate of drug-likeness (QED) is 0.773. The highest BCUT2D eigenvalue weighted by molar-refractivity contribution is 6.30. The van der Waals surface area contributed by atoms with Gasteiger partial charge in [0.05, 0.1) is 11.1 Å². The van der Waals surface area contributed by atoms with Crippen LogP contribution < -0.4 is 5.56 Å². The van der Waals surface area contributed by atoms with Crippen LogP contribution in [0.1, 0.15) is 16.1 Å². The van der Waals surface area contributed by atoms with E-state index >= 15 is 0 Å². The van der Waals surface area contributed by atoms with Gasteiger partial charge in [-0.1, -0.05) is 23.7 Å². The smallest absolute Gasteiger partial charge is 0.337 e. The van der Waals surface area contributed by atoms with Gasteiger partial charge in [0, 0.05) is 16.9 Å². The van der Waals surface area contributed by atoms with Crippen LogP contribution in [0.3, 0.4) is 0 Å². The Morgan fingerprint density at radius 2 is 1.91 bits per heavy atom. The molecule has 116 valence electrons. The third-order valence-electron chi connectivity index (χ3n) is 3.43. The van der Waals surface area contributed by atoms with Crippen molar-refractivity contribution in [2.45, 2.75) is 6.92 Å². The summed E-state index contributed by atoms with van der Waals surface area (Å²) >= 11 is 5.87. The largest absolute Gasteiger partial charge is 0.478 e. The molecule has 0 saturated heterocycles. The fraction of sp³-hybridized carbons (Fsp3) is 0.0625. The van der Waals surface area contributed by atoms with Gasteiger partial charge in [0.15, 0.2) is 5.82 Å². The first-order chi connectivity index (χ1) is 11.0. The Hall–Kier alpha value is -2.86. The number of aromatic amines is 1. The van der Waals surface area contributed by atoms with Gasteiger partial charge in [0.2, 0.25) is 0 Å². The minimum Gasteiger partial charge on any atom is -0.478 e. The van der Waals surface area contributed by atoms with Gasteiger partial charge >= 0.3 is 5.97 Å². The van der Waals surface area contributed by atoms with Crippen LogP contribution in [-0.2, 0) is 0 Å². The molecule has 0 amide bonds. The lowest BCUT2D eigenvalue weighted by molar-refractivity contribution is 0.0696. The van der Waals surface area contributed by atoms with E-state index < -0.39 is 5.97 Å². The Kier molecular flexibility index (Phi) is 3.75. The highest BCUT2D eigenvalue weighted by Gasteiger charge is 2.15. The number of carboxylic acid groups (broad SMARTS) is 1. The lowest BCUT2D eigenvalue weighted by Crippen LogP contribution is -2.17. The molecule has 2 heterocycles. The summed E-state index contributed by atoms with van der Waals surface area (Å²) in [5, 5.41) is 12.4. The maximum absolute atomic E-state index is 12.6. The van der Waals surface area contributed by atoms with E-state index in [-0.39, 0.29) is 11.1 Å². The number of aromatic nitrogens is 3. The Morgan fingerprint density at radius 1 is 1.22 bits per heavy atom. The summed E-state index contributed by atoms with van der Waals surface area (Å²) < 4.78 is 1.28. The van der Waals surface area contributed by atoms with Crippen LogP contribution in [-0.4, -0.2) is 25.8 Å². The Balaban J connectivity index is 2.09. The number of H-pyrrole nitrogens is 1. The molecule has 0 unspecified atom stereocenters.